The molecule has 0 amide bonds. The van der Waals surface area contributed by atoms with Crippen molar-refractivity contribution < 1.29 is 23.5 Å². The van der Waals surface area contributed by atoms with Crippen LogP contribution in [0.25, 0.3) is 0 Å². The zero-order valence-corrected chi connectivity index (χ0v) is 29.8. The molecule has 0 fully saturated rings. The van der Waals surface area contributed by atoms with Gasteiger partial charge in [0.2, 0.25) is 5.69 Å². The van der Waals surface area contributed by atoms with Crippen LogP contribution >= 0.6 is 11.6 Å². The molecular formula is C39H50ClN2O4+. The van der Waals surface area contributed by atoms with E-state index in [9.17, 15) is 0 Å². The number of fused-ring (bicyclic) bond motifs is 2. The number of halogens is 1. The quantitative estimate of drug-likeness (QED) is 0.229. The predicted molar refractivity (Wildman–Crippen MR) is 190 cm³/mol. The highest BCUT2D eigenvalue weighted by Crippen LogP contribution is 2.49. The lowest BCUT2D eigenvalue weighted by atomic mass is 9.80. The molecule has 2 aliphatic heterocycles. The molecule has 0 unspecified atom stereocenters. The number of allylic oxidation sites excluding steroid dienone is 8. The van der Waals surface area contributed by atoms with E-state index < -0.39 is 0 Å². The highest BCUT2D eigenvalue weighted by molar-refractivity contribution is 6.32. The fraction of sp³-hybridized carbons (Fsp3) is 0.462. The Morgan fingerprint density at radius 2 is 1.57 bits per heavy atom. The van der Waals surface area contributed by atoms with Crippen LogP contribution in [-0.4, -0.2) is 65.0 Å². The van der Waals surface area contributed by atoms with E-state index in [4.69, 9.17) is 30.5 Å². The Morgan fingerprint density at radius 1 is 0.848 bits per heavy atom. The lowest BCUT2D eigenvalue weighted by Gasteiger charge is -2.27. The van der Waals surface area contributed by atoms with Crippen LogP contribution in [0, 0.1) is 6.92 Å². The van der Waals surface area contributed by atoms with E-state index in [1.54, 1.807) is 28.4 Å². The van der Waals surface area contributed by atoms with Crippen molar-refractivity contribution in [2.75, 3.05) is 59.6 Å². The van der Waals surface area contributed by atoms with Gasteiger partial charge in [-0.25, -0.2) is 0 Å². The van der Waals surface area contributed by atoms with Crippen molar-refractivity contribution in [3.63, 3.8) is 0 Å². The van der Waals surface area contributed by atoms with E-state index in [0.717, 1.165) is 48.9 Å². The maximum Gasteiger partial charge on any atom is 0.213 e. The molecule has 0 N–H and O–H groups in total. The van der Waals surface area contributed by atoms with E-state index in [1.165, 1.54) is 50.6 Å². The molecule has 0 aromatic heterocycles. The first kappa shape index (κ1) is 34.0. The molecule has 246 valence electrons. The molecule has 2 aromatic rings. The number of hydrogen-bond acceptors (Lipinski definition) is 5. The largest absolute Gasteiger partial charge is 0.497 e. The van der Waals surface area contributed by atoms with Crippen LogP contribution in [0.4, 0.5) is 11.4 Å². The third-order valence-corrected chi connectivity index (χ3v) is 10.3. The number of rotatable bonds is 11. The first-order valence-electron chi connectivity index (χ1n) is 16.3. The van der Waals surface area contributed by atoms with Gasteiger partial charge in [-0.1, -0.05) is 37.6 Å². The highest BCUT2D eigenvalue weighted by atomic mass is 35.5. The zero-order valence-electron chi connectivity index (χ0n) is 29.1. The average Bonchev–Trinajstić information content (AvgIpc) is 3.39. The summed E-state index contributed by atoms with van der Waals surface area (Å²) in [5.74, 6) is 1.76. The van der Waals surface area contributed by atoms with Crippen LogP contribution in [0.3, 0.4) is 0 Å². The fourth-order valence-electron chi connectivity index (χ4n) is 7.28. The molecule has 0 spiro atoms. The molecule has 3 aliphatic rings. The molecule has 0 bridgehead atoms. The van der Waals surface area contributed by atoms with E-state index in [-0.39, 0.29) is 10.8 Å². The maximum absolute atomic E-state index is 7.21. The smallest absolute Gasteiger partial charge is 0.213 e. The maximum atomic E-state index is 7.21. The molecule has 0 saturated heterocycles. The molecule has 2 heterocycles. The second kappa shape index (κ2) is 13.8. The molecule has 0 atom stereocenters. The summed E-state index contributed by atoms with van der Waals surface area (Å²) in [6, 6.07) is 10.6. The van der Waals surface area contributed by atoms with Crippen molar-refractivity contribution in [1.29, 1.82) is 0 Å². The topological polar surface area (TPSA) is 43.2 Å². The molecule has 0 radical (unpaired) electrons. The summed E-state index contributed by atoms with van der Waals surface area (Å²) in [5.41, 5.74) is 10.6. The number of nitrogens with zero attached hydrogens (tertiary/aromatic N) is 2. The standard InChI is InChI=1S/C39H50ClN2O4/c1-26-23-30(46-9)25-32-37(26)42(20-22-44-7)35(39(32,4)5)18-14-28-12-10-11-27(36(28)40)13-17-34-38(2,3)31-24-29(45-8)15-16-33(31)41(34)19-21-43-6/h13-18,23-25H,10-12,19-22H2,1-9H3/q+1. The Bertz CT molecular complexity index is 1640. The molecule has 46 heavy (non-hydrogen) atoms. The molecule has 0 saturated carbocycles. The van der Waals surface area contributed by atoms with Gasteiger partial charge in [0.15, 0.2) is 12.3 Å². The number of anilines is 1. The molecule has 1 aliphatic carbocycles. The van der Waals surface area contributed by atoms with Gasteiger partial charge < -0.3 is 23.8 Å². The molecule has 2 aromatic carbocycles. The van der Waals surface area contributed by atoms with Gasteiger partial charge in [-0.3, -0.25) is 0 Å². The van der Waals surface area contributed by atoms with Gasteiger partial charge in [0.05, 0.1) is 26.2 Å². The monoisotopic (exact) mass is 645 g/mol. The summed E-state index contributed by atoms with van der Waals surface area (Å²) in [4.78, 5) is 2.37. The lowest BCUT2D eigenvalue weighted by molar-refractivity contribution is -0.442. The number of hydrogen-bond donors (Lipinski definition) is 0. The third kappa shape index (κ3) is 6.20. The van der Waals surface area contributed by atoms with Gasteiger partial charge >= 0.3 is 0 Å². The van der Waals surface area contributed by atoms with Crippen LogP contribution in [0.1, 0.15) is 63.6 Å². The molecule has 6 nitrogen and oxygen atoms in total. The van der Waals surface area contributed by atoms with Crippen molar-refractivity contribution in [3.05, 3.63) is 93.2 Å². The van der Waals surface area contributed by atoms with Crippen molar-refractivity contribution in [1.82, 2.24) is 0 Å². The van der Waals surface area contributed by atoms with E-state index in [0.29, 0.717) is 13.2 Å². The summed E-state index contributed by atoms with van der Waals surface area (Å²) < 4.78 is 24.7. The van der Waals surface area contributed by atoms with Gasteiger partial charge in [-0.2, -0.15) is 4.58 Å². The summed E-state index contributed by atoms with van der Waals surface area (Å²) >= 11 is 7.21. The molecule has 7 heteroatoms. The van der Waals surface area contributed by atoms with Crippen LogP contribution in [0.5, 0.6) is 11.5 Å². The Morgan fingerprint density at radius 3 is 2.26 bits per heavy atom. The van der Waals surface area contributed by atoms with Crippen molar-refractivity contribution in [3.8, 4) is 11.5 Å². The minimum absolute atomic E-state index is 0.200. The van der Waals surface area contributed by atoms with Crippen LogP contribution < -0.4 is 14.4 Å². The molecular weight excluding hydrogens is 596 g/mol. The number of benzene rings is 2. The van der Waals surface area contributed by atoms with E-state index in [2.05, 4.69) is 92.7 Å². The number of aryl methyl sites for hydroxylation is 1. The fourth-order valence-corrected chi connectivity index (χ4v) is 7.60. The van der Waals surface area contributed by atoms with E-state index >= 15 is 0 Å². The number of ether oxygens (including phenoxy) is 4. The summed E-state index contributed by atoms with van der Waals surface area (Å²) in [6.07, 6.45) is 12.0. The summed E-state index contributed by atoms with van der Waals surface area (Å²) in [5, 5.41) is 0.855. The zero-order chi connectivity index (χ0) is 33.2. The van der Waals surface area contributed by atoms with Crippen molar-refractivity contribution in [2.24, 2.45) is 0 Å². The lowest BCUT2D eigenvalue weighted by Crippen LogP contribution is -2.29. The Balaban J connectivity index is 1.51. The van der Waals surface area contributed by atoms with Gasteiger partial charge in [0.25, 0.3) is 0 Å². The van der Waals surface area contributed by atoms with Crippen LogP contribution in [-0.2, 0) is 20.3 Å². The van der Waals surface area contributed by atoms with Crippen molar-refractivity contribution >= 4 is 28.7 Å². The summed E-state index contributed by atoms with van der Waals surface area (Å²) in [6.45, 7) is 14.1. The predicted octanol–water partition coefficient (Wildman–Crippen LogP) is 8.52. The Hall–Kier alpha value is -3.32. The second-order valence-corrected chi connectivity index (χ2v) is 13.8. The van der Waals surface area contributed by atoms with Crippen LogP contribution in [0.2, 0.25) is 0 Å². The van der Waals surface area contributed by atoms with Gasteiger partial charge in [-0.05, 0) is 93.2 Å². The SMILES string of the molecule is COCCN1/C(=C/C=C2\CCCC(/C=C/C3=[N+](CCOC)c4c(C)cc(OC)cc4C3(C)C)=C2Cl)C(C)(C)c2cc(OC)ccc21. The van der Waals surface area contributed by atoms with Gasteiger partial charge in [-0.15, -0.1) is 0 Å². The van der Waals surface area contributed by atoms with Gasteiger partial charge in [0, 0.05) is 59.8 Å². The van der Waals surface area contributed by atoms with Gasteiger partial charge in [0.1, 0.15) is 18.1 Å². The van der Waals surface area contributed by atoms with Crippen molar-refractivity contribution in [2.45, 2.75) is 64.7 Å². The molecule has 5 rings (SSSR count). The first-order valence-corrected chi connectivity index (χ1v) is 16.6. The minimum atomic E-state index is -0.207. The Labute approximate surface area is 280 Å². The normalized spacial score (nSPS) is 20.3. The second-order valence-electron chi connectivity index (χ2n) is 13.4. The van der Waals surface area contributed by atoms with Crippen LogP contribution in [0.15, 0.2) is 76.5 Å². The Kier molecular flexibility index (Phi) is 10.2. The van der Waals surface area contributed by atoms with E-state index in [1.807, 2.05) is 6.07 Å². The number of methoxy groups -OCH3 is 4. The highest BCUT2D eigenvalue weighted by Gasteiger charge is 2.46. The first-order chi connectivity index (χ1) is 22.0. The minimum Gasteiger partial charge on any atom is -0.497 e. The summed E-state index contributed by atoms with van der Waals surface area (Å²) in [7, 11) is 6.96. The third-order valence-electron chi connectivity index (χ3n) is 9.86. The average molecular weight is 646 g/mol.